The SMILES string of the molecule is CCNC(=O)C(C)N(Cc1cccc(Cl)c1)C(=O)COc1ccccc1Cl. The fraction of sp³-hybridized carbons (Fsp3) is 0.300. The van der Waals surface area contributed by atoms with E-state index in [9.17, 15) is 9.59 Å². The molecule has 144 valence electrons. The van der Waals surface area contributed by atoms with Crippen LogP contribution in [0.2, 0.25) is 10.0 Å². The van der Waals surface area contributed by atoms with Gasteiger partial charge in [0.15, 0.2) is 6.61 Å². The summed E-state index contributed by atoms with van der Waals surface area (Å²) in [5, 5.41) is 3.73. The van der Waals surface area contributed by atoms with E-state index in [0.29, 0.717) is 22.3 Å². The number of nitrogens with one attached hydrogen (secondary N) is 1. The summed E-state index contributed by atoms with van der Waals surface area (Å²) in [6, 6.07) is 13.4. The molecular weight excluding hydrogens is 387 g/mol. The van der Waals surface area contributed by atoms with Crippen molar-refractivity contribution in [2.24, 2.45) is 0 Å². The molecule has 1 N–H and O–H groups in total. The average molecular weight is 409 g/mol. The van der Waals surface area contributed by atoms with Crippen molar-refractivity contribution in [2.45, 2.75) is 26.4 Å². The van der Waals surface area contributed by atoms with Gasteiger partial charge in [0.1, 0.15) is 11.8 Å². The van der Waals surface area contributed by atoms with Gasteiger partial charge in [0.25, 0.3) is 5.91 Å². The number of amides is 2. The molecule has 2 amide bonds. The predicted molar refractivity (Wildman–Crippen MR) is 107 cm³/mol. The Morgan fingerprint density at radius 2 is 1.89 bits per heavy atom. The average Bonchev–Trinajstić information content (AvgIpc) is 2.65. The topological polar surface area (TPSA) is 58.6 Å². The minimum Gasteiger partial charge on any atom is -0.482 e. The van der Waals surface area contributed by atoms with Crippen LogP contribution >= 0.6 is 23.2 Å². The lowest BCUT2D eigenvalue weighted by atomic mass is 10.1. The molecule has 27 heavy (non-hydrogen) atoms. The van der Waals surface area contributed by atoms with E-state index in [1.807, 2.05) is 13.0 Å². The summed E-state index contributed by atoms with van der Waals surface area (Å²) >= 11 is 12.1. The molecule has 1 unspecified atom stereocenters. The molecule has 0 heterocycles. The van der Waals surface area contributed by atoms with Crippen molar-refractivity contribution < 1.29 is 14.3 Å². The van der Waals surface area contributed by atoms with E-state index in [-0.39, 0.29) is 25.0 Å². The molecule has 1 atom stereocenters. The summed E-state index contributed by atoms with van der Waals surface area (Å²) in [6.07, 6.45) is 0. The Morgan fingerprint density at radius 3 is 2.56 bits per heavy atom. The minimum absolute atomic E-state index is 0.228. The number of hydrogen-bond donors (Lipinski definition) is 1. The number of likely N-dealkylation sites (N-methyl/N-ethyl adjacent to an activating group) is 1. The zero-order chi connectivity index (χ0) is 19.8. The second-order valence-corrected chi connectivity index (χ2v) is 6.78. The number of nitrogens with zero attached hydrogens (tertiary/aromatic N) is 1. The van der Waals surface area contributed by atoms with E-state index < -0.39 is 6.04 Å². The zero-order valence-corrected chi connectivity index (χ0v) is 16.8. The Labute approximate surface area is 169 Å². The Balaban J connectivity index is 2.15. The van der Waals surface area contributed by atoms with Gasteiger partial charge in [0.2, 0.25) is 5.91 Å². The van der Waals surface area contributed by atoms with Crippen LogP contribution in [0.15, 0.2) is 48.5 Å². The molecule has 5 nitrogen and oxygen atoms in total. The largest absolute Gasteiger partial charge is 0.482 e. The third-order valence-corrected chi connectivity index (χ3v) is 4.50. The number of hydrogen-bond acceptors (Lipinski definition) is 3. The summed E-state index contributed by atoms with van der Waals surface area (Å²) < 4.78 is 5.55. The van der Waals surface area contributed by atoms with Crippen LogP contribution < -0.4 is 10.1 Å². The van der Waals surface area contributed by atoms with E-state index in [2.05, 4.69) is 5.32 Å². The maximum atomic E-state index is 12.8. The number of rotatable bonds is 8. The van der Waals surface area contributed by atoms with Crippen LogP contribution in [0.3, 0.4) is 0 Å². The van der Waals surface area contributed by atoms with Gasteiger partial charge in [-0.1, -0.05) is 47.5 Å². The number of carbonyl (C=O) groups excluding carboxylic acids is 2. The van der Waals surface area contributed by atoms with E-state index in [1.54, 1.807) is 49.4 Å². The normalized spacial score (nSPS) is 11.6. The molecule has 2 aromatic rings. The fourth-order valence-corrected chi connectivity index (χ4v) is 2.92. The van der Waals surface area contributed by atoms with Gasteiger partial charge in [-0.2, -0.15) is 0 Å². The summed E-state index contributed by atoms with van der Waals surface area (Å²) in [7, 11) is 0. The van der Waals surface area contributed by atoms with Crippen LogP contribution in [0.4, 0.5) is 0 Å². The van der Waals surface area contributed by atoms with E-state index in [4.69, 9.17) is 27.9 Å². The van der Waals surface area contributed by atoms with Crippen LogP contribution in [0.25, 0.3) is 0 Å². The van der Waals surface area contributed by atoms with Gasteiger partial charge in [-0.25, -0.2) is 0 Å². The standard InChI is InChI=1S/C20H22Cl2N2O3/c1-3-23-20(26)14(2)24(12-15-7-6-8-16(21)11-15)19(25)13-27-18-10-5-4-9-17(18)22/h4-11,14H,3,12-13H2,1-2H3,(H,23,26). The fourth-order valence-electron chi connectivity index (χ4n) is 2.52. The maximum absolute atomic E-state index is 12.8. The van der Waals surface area contributed by atoms with Crippen LogP contribution in [-0.2, 0) is 16.1 Å². The molecule has 0 saturated carbocycles. The van der Waals surface area contributed by atoms with Gasteiger partial charge in [-0.05, 0) is 43.7 Å². The monoisotopic (exact) mass is 408 g/mol. The van der Waals surface area contributed by atoms with Gasteiger partial charge >= 0.3 is 0 Å². The highest BCUT2D eigenvalue weighted by atomic mass is 35.5. The van der Waals surface area contributed by atoms with Gasteiger partial charge in [-0.15, -0.1) is 0 Å². The summed E-state index contributed by atoms with van der Waals surface area (Å²) in [4.78, 5) is 26.6. The number of para-hydroxylation sites is 1. The highest BCUT2D eigenvalue weighted by molar-refractivity contribution is 6.32. The molecule has 2 rings (SSSR count). The first-order chi connectivity index (χ1) is 12.9. The van der Waals surface area contributed by atoms with Gasteiger partial charge in [0.05, 0.1) is 5.02 Å². The number of halogens is 2. The summed E-state index contributed by atoms with van der Waals surface area (Å²) in [5.41, 5.74) is 0.824. The summed E-state index contributed by atoms with van der Waals surface area (Å²) in [5.74, 6) is -0.139. The highest BCUT2D eigenvalue weighted by Crippen LogP contribution is 2.23. The van der Waals surface area contributed by atoms with Crippen molar-refractivity contribution in [3.05, 3.63) is 64.1 Å². The first kappa shape index (κ1) is 21.1. The van der Waals surface area contributed by atoms with Gasteiger partial charge < -0.3 is 15.0 Å². The molecule has 0 radical (unpaired) electrons. The lowest BCUT2D eigenvalue weighted by Gasteiger charge is -2.28. The molecule has 0 spiro atoms. The van der Waals surface area contributed by atoms with E-state index >= 15 is 0 Å². The third kappa shape index (κ3) is 6.15. The van der Waals surface area contributed by atoms with E-state index in [1.165, 1.54) is 4.90 Å². The molecule has 0 bridgehead atoms. The molecule has 0 aliphatic heterocycles. The van der Waals surface area contributed by atoms with Crippen molar-refractivity contribution in [1.82, 2.24) is 10.2 Å². The Hall–Kier alpha value is -2.24. The number of ether oxygens (including phenoxy) is 1. The quantitative estimate of drug-likeness (QED) is 0.719. The molecule has 0 saturated heterocycles. The Morgan fingerprint density at radius 1 is 1.15 bits per heavy atom. The summed E-state index contributed by atoms with van der Waals surface area (Å²) in [6.45, 7) is 4.01. The molecular formula is C20H22Cl2N2O3. The van der Waals surface area contributed by atoms with Crippen molar-refractivity contribution in [2.75, 3.05) is 13.2 Å². The van der Waals surface area contributed by atoms with Crippen LogP contribution in [0, 0.1) is 0 Å². The van der Waals surface area contributed by atoms with E-state index in [0.717, 1.165) is 5.56 Å². The first-order valence-electron chi connectivity index (χ1n) is 8.61. The van der Waals surface area contributed by atoms with Gasteiger partial charge in [0, 0.05) is 18.1 Å². The third-order valence-electron chi connectivity index (χ3n) is 3.95. The van der Waals surface area contributed by atoms with Crippen molar-refractivity contribution >= 4 is 35.0 Å². The van der Waals surface area contributed by atoms with Crippen molar-refractivity contribution in [1.29, 1.82) is 0 Å². The number of carbonyl (C=O) groups is 2. The first-order valence-corrected chi connectivity index (χ1v) is 9.37. The van der Waals surface area contributed by atoms with Crippen LogP contribution in [0.5, 0.6) is 5.75 Å². The number of benzene rings is 2. The van der Waals surface area contributed by atoms with Gasteiger partial charge in [-0.3, -0.25) is 9.59 Å². The smallest absolute Gasteiger partial charge is 0.261 e. The molecule has 0 aromatic heterocycles. The lowest BCUT2D eigenvalue weighted by molar-refractivity contribution is -0.142. The molecule has 7 heteroatoms. The van der Waals surface area contributed by atoms with Crippen molar-refractivity contribution in [3.63, 3.8) is 0 Å². The maximum Gasteiger partial charge on any atom is 0.261 e. The predicted octanol–water partition coefficient (Wildman–Crippen LogP) is 3.93. The lowest BCUT2D eigenvalue weighted by Crippen LogP contribution is -2.49. The minimum atomic E-state index is -0.661. The Bertz CT molecular complexity index is 798. The second-order valence-electron chi connectivity index (χ2n) is 5.94. The molecule has 0 fully saturated rings. The molecule has 0 aliphatic rings. The van der Waals surface area contributed by atoms with Crippen LogP contribution in [0.1, 0.15) is 19.4 Å². The second kappa shape index (κ2) is 10.2. The van der Waals surface area contributed by atoms with Crippen LogP contribution in [-0.4, -0.2) is 35.9 Å². The molecule has 0 aliphatic carbocycles. The highest BCUT2D eigenvalue weighted by Gasteiger charge is 2.26. The zero-order valence-electron chi connectivity index (χ0n) is 15.2. The van der Waals surface area contributed by atoms with Crippen molar-refractivity contribution in [3.8, 4) is 5.75 Å². The Kier molecular flexibility index (Phi) is 7.95. The molecule has 2 aromatic carbocycles.